The molecule has 0 bridgehead atoms. The molecule has 0 aliphatic carbocycles. The minimum Gasteiger partial charge on any atom is -0.341 e. The minimum atomic E-state index is -0.513. The predicted octanol–water partition coefficient (Wildman–Crippen LogP) is 1.94. The van der Waals surface area contributed by atoms with Crippen LogP contribution < -0.4 is 5.73 Å². The van der Waals surface area contributed by atoms with Gasteiger partial charge in [0, 0.05) is 13.1 Å². The SMILES string of the molecule is CC1CCCN(C(=O)[C@H](N)c2ccccc2)C1. The highest BCUT2D eigenvalue weighted by molar-refractivity contribution is 5.83. The summed E-state index contributed by atoms with van der Waals surface area (Å²) in [6.07, 6.45) is 2.30. The fraction of sp³-hybridized carbons (Fsp3) is 0.500. The van der Waals surface area contributed by atoms with Crippen LogP contribution in [0.1, 0.15) is 31.4 Å². The molecule has 1 amide bonds. The van der Waals surface area contributed by atoms with E-state index in [0.717, 1.165) is 25.1 Å². The molecule has 2 atom stereocenters. The first-order valence-corrected chi connectivity index (χ1v) is 6.28. The normalized spacial score (nSPS) is 22.2. The number of nitrogens with zero attached hydrogens (tertiary/aromatic N) is 1. The Bertz CT molecular complexity index is 377. The molecule has 1 heterocycles. The van der Waals surface area contributed by atoms with Crippen molar-refractivity contribution >= 4 is 5.91 Å². The highest BCUT2D eigenvalue weighted by Crippen LogP contribution is 2.19. The van der Waals surface area contributed by atoms with E-state index in [0.29, 0.717) is 5.92 Å². The second kappa shape index (κ2) is 5.32. The molecule has 0 radical (unpaired) electrons. The van der Waals surface area contributed by atoms with Gasteiger partial charge < -0.3 is 10.6 Å². The standard InChI is InChI=1S/C14H20N2O/c1-11-6-5-9-16(10-11)14(17)13(15)12-7-3-2-4-8-12/h2-4,7-8,11,13H,5-6,9-10,15H2,1H3/t11?,13-/m1/s1. The third kappa shape index (κ3) is 2.86. The average molecular weight is 232 g/mol. The van der Waals surface area contributed by atoms with Crippen LogP contribution in [0, 0.1) is 5.92 Å². The number of carbonyl (C=O) groups excluding carboxylic acids is 1. The zero-order valence-electron chi connectivity index (χ0n) is 10.3. The lowest BCUT2D eigenvalue weighted by Crippen LogP contribution is -2.43. The number of carbonyl (C=O) groups is 1. The third-order valence-corrected chi connectivity index (χ3v) is 3.39. The molecule has 0 aromatic heterocycles. The lowest BCUT2D eigenvalue weighted by atomic mass is 9.98. The predicted molar refractivity (Wildman–Crippen MR) is 68.3 cm³/mol. The molecule has 0 saturated carbocycles. The first-order chi connectivity index (χ1) is 8.18. The van der Waals surface area contributed by atoms with E-state index in [1.54, 1.807) is 0 Å². The number of hydrogen-bond acceptors (Lipinski definition) is 2. The van der Waals surface area contributed by atoms with Crippen LogP contribution >= 0.6 is 0 Å². The molecule has 1 aromatic carbocycles. The number of rotatable bonds is 2. The van der Waals surface area contributed by atoms with Gasteiger partial charge in [-0.2, -0.15) is 0 Å². The van der Waals surface area contributed by atoms with Crippen LogP contribution in [0.5, 0.6) is 0 Å². The Hall–Kier alpha value is -1.35. The Morgan fingerprint density at radius 2 is 2.12 bits per heavy atom. The van der Waals surface area contributed by atoms with Crippen molar-refractivity contribution in [2.45, 2.75) is 25.8 Å². The van der Waals surface area contributed by atoms with Gasteiger partial charge in [0.05, 0.1) is 0 Å². The van der Waals surface area contributed by atoms with Gasteiger partial charge in [-0.25, -0.2) is 0 Å². The lowest BCUT2D eigenvalue weighted by molar-refractivity contribution is -0.134. The average Bonchev–Trinajstić information content (AvgIpc) is 2.38. The summed E-state index contributed by atoms with van der Waals surface area (Å²) in [6.45, 7) is 3.89. The van der Waals surface area contributed by atoms with Crippen molar-refractivity contribution in [1.82, 2.24) is 4.90 Å². The fourth-order valence-electron chi connectivity index (χ4n) is 2.39. The quantitative estimate of drug-likeness (QED) is 0.847. The van der Waals surface area contributed by atoms with E-state index in [2.05, 4.69) is 6.92 Å². The highest BCUT2D eigenvalue weighted by atomic mass is 16.2. The number of piperidine rings is 1. The van der Waals surface area contributed by atoms with E-state index in [-0.39, 0.29) is 5.91 Å². The zero-order valence-corrected chi connectivity index (χ0v) is 10.3. The summed E-state index contributed by atoms with van der Waals surface area (Å²) in [5, 5.41) is 0. The molecule has 1 aliphatic rings. The van der Waals surface area contributed by atoms with E-state index in [4.69, 9.17) is 5.73 Å². The Morgan fingerprint density at radius 3 is 2.76 bits per heavy atom. The molecular formula is C14H20N2O. The van der Waals surface area contributed by atoms with Gasteiger partial charge in [-0.15, -0.1) is 0 Å². The molecule has 3 nitrogen and oxygen atoms in total. The Kier molecular flexibility index (Phi) is 3.79. The van der Waals surface area contributed by atoms with Crippen molar-refractivity contribution in [3.05, 3.63) is 35.9 Å². The molecule has 2 rings (SSSR count). The molecule has 3 heteroatoms. The topological polar surface area (TPSA) is 46.3 Å². The summed E-state index contributed by atoms with van der Waals surface area (Å²) in [4.78, 5) is 14.2. The molecule has 2 N–H and O–H groups in total. The van der Waals surface area contributed by atoms with E-state index in [9.17, 15) is 4.79 Å². The number of likely N-dealkylation sites (tertiary alicyclic amines) is 1. The summed E-state index contributed by atoms with van der Waals surface area (Å²) >= 11 is 0. The number of hydrogen-bond donors (Lipinski definition) is 1. The van der Waals surface area contributed by atoms with Crippen molar-refractivity contribution in [2.24, 2.45) is 11.7 Å². The molecule has 1 fully saturated rings. The second-order valence-electron chi connectivity index (χ2n) is 4.92. The Labute approximate surface area is 103 Å². The molecule has 92 valence electrons. The van der Waals surface area contributed by atoms with Gasteiger partial charge in [-0.3, -0.25) is 4.79 Å². The van der Waals surface area contributed by atoms with Crippen LogP contribution in [-0.2, 0) is 4.79 Å². The molecule has 1 aromatic rings. The van der Waals surface area contributed by atoms with Gasteiger partial charge >= 0.3 is 0 Å². The minimum absolute atomic E-state index is 0.0581. The maximum Gasteiger partial charge on any atom is 0.244 e. The summed E-state index contributed by atoms with van der Waals surface area (Å²) in [7, 11) is 0. The Morgan fingerprint density at radius 1 is 1.41 bits per heavy atom. The third-order valence-electron chi connectivity index (χ3n) is 3.39. The van der Waals surface area contributed by atoms with Crippen molar-refractivity contribution in [3.63, 3.8) is 0 Å². The first kappa shape index (κ1) is 12.1. The van der Waals surface area contributed by atoms with Gasteiger partial charge in [0.25, 0.3) is 0 Å². The maximum absolute atomic E-state index is 12.2. The maximum atomic E-state index is 12.2. The van der Waals surface area contributed by atoms with E-state index in [1.165, 1.54) is 6.42 Å². The van der Waals surface area contributed by atoms with Gasteiger partial charge in [0.2, 0.25) is 5.91 Å². The largest absolute Gasteiger partial charge is 0.341 e. The fourth-order valence-corrected chi connectivity index (χ4v) is 2.39. The van der Waals surface area contributed by atoms with Crippen LogP contribution in [-0.4, -0.2) is 23.9 Å². The number of amides is 1. The summed E-state index contributed by atoms with van der Waals surface area (Å²) < 4.78 is 0. The van der Waals surface area contributed by atoms with E-state index in [1.807, 2.05) is 35.2 Å². The van der Waals surface area contributed by atoms with Crippen LogP contribution in [0.2, 0.25) is 0 Å². The lowest BCUT2D eigenvalue weighted by Gasteiger charge is -2.32. The van der Waals surface area contributed by atoms with Crippen LogP contribution in [0.25, 0.3) is 0 Å². The molecule has 1 aliphatic heterocycles. The zero-order chi connectivity index (χ0) is 12.3. The Balaban J connectivity index is 2.04. The van der Waals surface area contributed by atoms with E-state index < -0.39 is 6.04 Å². The smallest absolute Gasteiger partial charge is 0.244 e. The molecular weight excluding hydrogens is 212 g/mol. The van der Waals surface area contributed by atoms with Gasteiger partial charge in [-0.05, 0) is 24.3 Å². The molecule has 0 spiro atoms. The van der Waals surface area contributed by atoms with Gasteiger partial charge in [-0.1, -0.05) is 37.3 Å². The van der Waals surface area contributed by atoms with Crippen molar-refractivity contribution in [2.75, 3.05) is 13.1 Å². The first-order valence-electron chi connectivity index (χ1n) is 6.28. The number of benzene rings is 1. The summed E-state index contributed by atoms with van der Waals surface area (Å²) in [6, 6.07) is 9.08. The van der Waals surface area contributed by atoms with Crippen LogP contribution in [0.15, 0.2) is 30.3 Å². The summed E-state index contributed by atoms with van der Waals surface area (Å²) in [5.74, 6) is 0.651. The number of nitrogens with two attached hydrogens (primary N) is 1. The highest BCUT2D eigenvalue weighted by Gasteiger charge is 2.25. The van der Waals surface area contributed by atoms with E-state index >= 15 is 0 Å². The van der Waals surface area contributed by atoms with Crippen LogP contribution in [0.3, 0.4) is 0 Å². The van der Waals surface area contributed by atoms with Crippen LogP contribution in [0.4, 0.5) is 0 Å². The second-order valence-corrected chi connectivity index (χ2v) is 4.92. The molecule has 1 saturated heterocycles. The van der Waals surface area contributed by atoms with Gasteiger partial charge in [0.15, 0.2) is 0 Å². The monoisotopic (exact) mass is 232 g/mol. The molecule has 1 unspecified atom stereocenters. The summed E-state index contributed by atoms with van der Waals surface area (Å²) in [5.41, 5.74) is 6.92. The van der Waals surface area contributed by atoms with Gasteiger partial charge in [0.1, 0.15) is 6.04 Å². The molecule has 17 heavy (non-hydrogen) atoms. The van der Waals surface area contributed by atoms with Crippen molar-refractivity contribution < 1.29 is 4.79 Å². The van der Waals surface area contributed by atoms with Crippen molar-refractivity contribution in [1.29, 1.82) is 0 Å². The van der Waals surface area contributed by atoms with Crippen molar-refractivity contribution in [3.8, 4) is 0 Å².